The number of benzene rings is 2. The van der Waals surface area contributed by atoms with Crippen molar-refractivity contribution < 1.29 is 14.7 Å². The highest BCUT2D eigenvalue weighted by molar-refractivity contribution is 6.30. The summed E-state index contributed by atoms with van der Waals surface area (Å²) in [5.41, 5.74) is 0.706. The second kappa shape index (κ2) is 10.4. The molecule has 1 heterocycles. The zero-order valence-electron chi connectivity index (χ0n) is 17.9. The Morgan fingerprint density at radius 3 is 2.53 bits per heavy atom. The molecule has 32 heavy (non-hydrogen) atoms. The summed E-state index contributed by atoms with van der Waals surface area (Å²) < 4.78 is 0. The first kappa shape index (κ1) is 24.1. The highest BCUT2D eigenvalue weighted by Gasteiger charge is 2.52. The number of halogens is 2. The van der Waals surface area contributed by atoms with Gasteiger partial charge in [0, 0.05) is 22.4 Å². The Morgan fingerprint density at radius 2 is 1.94 bits per heavy atom. The van der Waals surface area contributed by atoms with Gasteiger partial charge in [0.25, 0.3) is 0 Å². The first-order chi connectivity index (χ1) is 15.3. The van der Waals surface area contributed by atoms with E-state index >= 15 is 0 Å². The minimum atomic E-state index is -1.12. The minimum absolute atomic E-state index is 0.192. The van der Waals surface area contributed by atoms with E-state index in [1.165, 1.54) is 0 Å². The lowest BCUT2D eigenvalue weighted by Gasteiger charge is -2.47. The van der Waals surface area contributed by atoms with Gasteiger partial charge in [-0.05, 0) is 54.2 Å². The molecular weight excluding hydrogens is 447 g/mol. The van der Waals surface area contributed by atoms with Crippen LogP contribution in [-0.4, -0.2) is 17.0 Å². The molecule has 1 aliphatic heterocycles. The summed E-state index contributed by atoms with van der Waals surface area (Å²) in [7, 11) is 0. The Labute approximate surface area is 198 Å². The Kier molecular flexibility index (Phi) is 7.82. The lowest BCUT2D eigenvalue weighted by atomic mass is 9.60. The van der Waals surface area contributed by atoms with E-state index in [9.17, 15) is 14.7 Å². The van der Waals surface area contributed by atoms with Crippen LogP contribution in [0.2, 0.25) is 10.0 Å². The molecule has 4 atom stereocenters. The van der Waals surface area contributed by atoms with Gasteiger partial charge in [-0.25, -0.2) is 0 Å². The first-order valence-corrected chi connectivity index (χ1v) is 11.5. The number of hydrogen-bond donors (Lipinski definition) is 2. The van der Waals surface area contributed by atoms with E-state index in [0.717, 1.165) is 11.1 Å². The van der Waals surface area contributed by atoms with Gasteiger partial charge in [0.05, 0.1) is 23.9 Å². The van der Waals surface area contributed by atoms with Crippen molar-refractivity contribution in [2.24, 2.45) is 11.3 Å². The number of carbonyl (C=O) groups excluding carboxylic acids is 1. The average molecular weight is 473 g/mol. The van der Waals surface area contributed by atoms with Gasteiger partial charge >= 0.3 is 5.97 Å². The van der Waals surface area contributed by atoms with Gasteiger partial charge in [-0.2, -0.15) is 5.26 Å². The van der Waals surface area contributed by atoms with Gasteiger partial charge in [-0.15, -0.1) is 0 Å². The van der Waals surface area contributed by atoms with Crippen LogP contribution in [-0.2, 0) is 9.59 Å². The molecule has 1 fully saturated rings. The predicted molar refractivity (Wildman–Crippen MR) is 124 cm³/mol. The van der Waals surface area contributed by atoms with E-state index in [1.54, 1.807) is 18.2 Å². The molecule has 0 aromatic heterocycles. The van der Waals surface area contributed by atoms with Crippen LogP contribution < -0.4 is 5.32 Å². The number of hydrogen-bond acceptors (Lipinski definition) is 3. The molecule has 2 aromatic carbocycles. The molecule has 0 spiro atoms. The maximum Gasteiger partial charge on any atom is 0.304 e. The van der Waals surface area contributed by atoms with E-state index in [0.29, 0.717) is 29.3 Å². The van der Waals surface area contributed by atoms with Crippen molar-refractivity contribution in [3.63, 3.8) is 0 Å². The van der Waals surface area contributed by atoms with Gasteiger partial charge in [0.2, 0.25) is 5.91 Å². The summed E-state index contributed by atoms with van der Waals surface area (Å²) in [5, 5.41) is 23.2. The van der Waals surface area contributed by atoms with Crippen molar-refractivity contribution in [2.45, 2.75) is 51.0 Å². The number of piperidine rings is 1. The fourth-order valence-electron chi connectivity index (χ4n) is 5.05. The maximum absolute atomic E-state index is 13.6. The van der Waals surface area contributed by atoms with E-state index < -0.39 is 11.4 Å². The molecule has 5 nitrogen and oxygen atoms in total. The Balaban J connectivity index is 2.12. The van der Waals surface area contributed by atoms with Crippen molar-refractivity contribution in [3.05, 3.63) is 69.7 Å². The van der Waals surface area contributed by atoms with Gasteiger partial charge < -0.3 is 10.4 Å². The molecule has 0 bridgehead atoms. The predicted octanol–water partition coefficient (Wildman–Crippen LogP) is 6.13. The number of nitrogens with one attached hydrogen (secondary N) is 1. The number of carboxylic acids is 1. The lowest BCUT2D eigenvalue weighted by molar-refractivity contribution is -0.152. The number of nitriles is 1. The lowest BCUT2D eigenvalue weighted by Crippen LogP contribution is -2.54. The smallest absolute Gasteiger partial charge is 0.304 e. The summed E-state index contributed by atoms with van der Waals surface area (Å²) in [6.45, 7) is 1.94. The van der Waals surface area contributed by atoms with Crippen LogP contribution in [0.4, 0.5) is 0 Å². The maximum atomic E-state index is 13.6. The summed E-state index contributed by atoms with van der Waals surface area (Å²) in [5.74, 6) is -1.72. The Morgan fingerprint density at radius 1 is 1.22 bits per heavy atom. The van der Waals surface area contributed by atoms with E-state index in [4.69, 9.17) is 28.5 Å². The summed E-state index contributed by atoms with van der Waals surface area (Å²) in [4.78, 5) is 25.5. The molecular formula is C25H26Cl2N2O3. The molecule has 2 aromatic rings. The normalized spacial score (nSPS) is 23.8. The number of carboxylic acid groups (broad SMARTS) is 1. The third kappa shape index (κ3) is 5.09. The number of carbonyl (C=O) groups is 2. The molecule has 0 aliphatic carbocycles. The van der Waals surface area contributed by atoms with Crippen molar-refractivity contribution in [1.82, 2.24) is 5.32 Å². The van der Waals surface area contributed by atoms with E-state index in [2.05, 4.69) is 11.4 Å². The molecule has 3 rings (SSSR count). The third-order valence-corrected chi connectivity index (χ3v) is 7.06. The number of amides is 1. The van der Waals surface area contributed by atoms with Gasteiger partial charge in [0.1, 0.15) is 0 Å². The van der Waals surface area contributed by atoms with Crippen molar-refractivity contribution in [3.8, 4) is 6.07 Å². The zero-order chi connectivity index (χ0) is 23.3. The highest BCUT2D eigenvalue weighted by atomic mass is 35.5. The van der Waals surface area contributed by atoms with Crippen LogP contribution in [0, 0.1) is 22.7 Å². The second-order valence-electron chi connectivity index (χ2n) is 8.40. The fraction of sp³-hybridized carbons (Fsp3) is 0.400. The van der Waals surface area contributed by atoms with Crippen molar-refractivity contribution >= 4 is 35.1 Å². The zero-order valence-corrected chi connectivity index (χ0v) is 19.4. The monoisotopic (exact) mass is 472 g/mol. The van der Waals surface area contributed by atoms with Crippen LogP contribution in [0.25, 0.3) is 0 Å². The summed E-state index contributed by atoms with van der Waals surface area (Å²) >= 11 is 12.4. The molecule has 0 unspecified atom stereocenters. The van der Waals surface area contributed by atoms with Crippen LogP contribution >= 0.6 is 23.2 Å². The fourth-order valence-corrected chi connectivity index (χ4v) is 5.38. The highest BCUT2D eigenvalue weighted by Crippen LogP contribution is 2.52. The van der Waals surface area contributed by atoms with Crippen LogP contribution in [0.1, 0.15) is 62.1 Å². The van der Waals surface area contributed by atoms with Gasteiger partial charge in [0.15, 0.2) is 0 Å². The minimum Gasteiger partial charge on any atom is -0.481 e. The molecule has 168 valence electrons. The average Bonchev–Trinajstić information content (AvgIpc) is 2.76. The van der Waals surface area contributed by atoms with E-state index in [1.807, 2.05) is 37.3 Å². The molecule has 7 heteroatoms. The molecule has 0 radical (unpaired) electrons. The molecule has 0 saturated carbocycles. The van der Waals surface area contributed by atoms with Gasteiger partial charge in [-0.3, -0.25) is 9.59 Å². The number of rotatable bonds is 8. The quantitative estimate of drug-likeness (QED) is 0.483. The molecule has 2 N–H and O–H groups in total. The van der Waals surface area contributed by atoms with Gasteiger partial charge in [-0.1, -0.05) is 60.8 Å². The van der Waals surface area contributed by atoms with E-state index in [-0.39, 0.29) is 36.6 Å². The van der Waals surface area contributed by atoms with Crippen LogP contribution in [0.5, 0.6) is 0 Å². The standard InChI is InChI=1S/C25H26Cl2N2O3/c1-2-18(6-4-12-28)25(15-22(30)31)14-21(17-5-3-7-20(27)13-17)23(29-24(25)32)16-8-10-19(26)11-9-16/h3,5,7-11,13,18,21,23H,2,4,6,14-15H2,1H3,(H,29,32)(H,30,31)/t18-,21+,23+,25+/m0/s1. The third-order valence-electron chi connectivity index (χ3n) is 6.58. The Bertz CT molecular complexity index is 1020. The Hall–Kier alpha value is -2.55. The van der Waals surface area contributed by atoms with Crippen LogP contribution in [0.3, 0.4) is 0 Å². The number of aliphatic carboxylic acids is 1. The largest absolute Gasteiger partial charge is 0.481 e. The summed E-state index contributed by atoms with van der Waals surface area (Å²) in [6, 6.07) is 16.6. The number of nitrogens with zero attached hydrogens (tertiary/aromatic N) is 1. The SMILES string of the molecule is CC[C@@H](CCC#N)[C@]1(CC(=O)O)C[C@H](c2cccc(Cl)c2)[C@@H](c2ccc(Cl)cc2)NC1=O. The van der Waals surface area contributed by atoms with Crippen LogP contribution in [0.15, 0.2) is 48.5 Å². The molecule has 1 saturated heterocycles. The second-order valence-corrected chi connectivity index (χ2v) is 9.27. The van der Waals surface area contributed by atoms with Crippen molar-refractivity contribution in [1.29, 1.82) is 5.26 Å². The summed E-state index contributed by atoms with van der Waals surface area (Å²) in [6.07, 6.45) is 1.42. The van der Waals surface area contributed by atoms with Crippen molar-refractivity contribution in [2.75, 3.05) is 0 Å². The topological polar surface area (TPSA) is 90.2 Å². The molecule has 1 aliphatic rings. The first-order valence-electron chi connectivity index (χ1n) is 10.7. The molecule has 1 amide bonds.